The van der Waals surface area contributed by atoms with Crippen molar-refractivity contribution in [3.8, 4) is 0 Å². The van der Waals surface area contributed by atoms with Crippen LogP contribution in [0.3, 0.4) is 0 Å². The molecule has 4 nitrogen and oxygen atoms in total. The number of carbonyl (C=O) groups excluding carboxylic acids is 2. The first-order chi connectivity index (χ1) is 16.8. The minimum atomic E-state index is -0.354. The van der Waals surface area contributed by atoms with E-state index in [1.807, 2.05) is 12.1 Å². The van der Waals surface area contributed by atoms with E-state index in [2.05, 4.69) is 30.6 Å². The zero-order chi connectivity index (χ0) is 24.4. The Kier molecular flexibility index (Phi) is 5.43. The van der Waals surface area contributed by atoms with Crippen LogP contribution in [-0.2, 0) is 15.1 Å². The van der Waals surface area contributed by atoms with Gasteiger partial charge in [0.1, 0.15) is 5.82 Å². The standard InChI is InChI=1S/C30H39FN2O2/c1-28-17-13-23-21(9-12-25-29(23,2)18-14-26(34)32-25)22(28)10-11-24(28)27(35)33-30(15-3-4-16-30)19-5-7-20(31)8-6-19/h5-8,14,18,21-25H,3-4,9-13,15-17H2,1-2H3,(H,32,34)(H,33,35)/t21-,22-,23+,24?,25?,28-,29+/m0/s1. The van der Waals surface area contributed by atoms with Crippen molar-refractivity contribution in [1.29, 1.82) is 0 Å². The molecule has 5 aliphatic rings. The lowest BCUT2D eigenvalue weighted by Crippen LogP contribution is -2.59. The summed E-state index contributed by atoms with van der Waals surface area (Å²) in [5.41, 5.74) is 0.742. The molecule has 0 saturated heterocycles. The summed E-state index contributed by atoms with van der Waals surface area (Å²) < 4.78 is 13.6. The van der Waals surface area contributed by atoms with Gasteiger partial charge < -0.3 is 10.6 Å². The summed E-state index contributed by atoms with van der Waals surface area (Å²) in [6.07, 6.45) is 14.4. The van der Waals surface area contributed by atoms with Gasteiger partial charge in [0.25, 0.3) is 0 Å². The highest BCUT2D eigenvalue weighted by atomic mass is 19.1. The molecule has 5 heteroatoms. The summed E-state index contributed by atoms with van der Waals surface area (Å²) >= 11 is 0. The van der Waals surface area contributed by atoms with Crippen LogP contribution in [-0.4, -0.2) is 17.9 Å². The molecule has 1 aromatic rings. The third-order valence-corrected chi connectivity index (χ3v) is 11.2. The van der Waals surface area contributed by atoms with Crippen molar-refractivity contribution in [1.82, 2.24) is 10.6 Å². The van der Waals surface area contributed by atoms with Crippen LogP contribution in [0.25, 0.3) is 0 Å². The van der Waals surface area contributed by atoms with Crippen LogP contribution in [0.1, 0.15) is 83.6 Å². The summed E-state index contributed by atoms with van der Waals surface area (Å²) in [6, 6.07) is 7.01. The van der Waals surface area contributed by atoms with Crippen molar-refractivity contribution in [3.05, 3.63) is 47.8 Å². The smallest absolute Gasteiger partial charge is 0.243 e. The zero-order valence-corrected chi connectivity index (χ0v) is 21.1. The third-order valence-electron chi connectivity index (χ3n) is 11.2. The predicted molar refractivity (Wildman–Crippen MR) is 134 cm³/mol. The van der Waals surface area contributed by atoms with E-state index in [1.54, 1.807) is 6.08 Å². The number of nitrogens with one attached hydrogen (secondary N) is 2. The van der Waals surface area contributed by atoms with Crippen LogP contribution in [0.4, 0.5) is 4.39 Å². The second kappa shape index (κ2) is 8.18. The molecule has 35 heavy (non-hydrogen) atoms. The molecule has 4 fully saturated rings. The molecule has 0 bridgehead atoms. The van der Waals surface area contributed by atoms with Gasteiger partial charge in [-0.1, -0.05) is 44.9 Å². The van der Waals surface area contributed by atoms with Crippen molar-refractivity contribution < 1.29 is 14.0 Å². The van der Waals surface area contributed by atoms with Crippen molar-refractivity contribution in [3.63, 3.8) is 0 Å². The minimum absolute atomic E-state index is 0.0228. The number of hydrogen-bond acceptors (Lipinski definition) is 2. The van der Waals surface area contributed by atoms with Gasteiger partial charge in [-0.05, 0) is 98.3 Å². The Bertz CT molecular complexity index is 1040. The van der Waals surface area contributed by atoms with Gasteiger partial charge in [-0.15, -0.1) is 0 Å². The Morgan fingerprint density at radius 2 is 1.71 bits per heavy atom. The Morgan fingerprint density at radius 3 is 2.46 bits per heavy atom. The van der Waals surface area contributed by atoms with Gasteiger partial charge in [-0.2, -0.15) is 0 Å². The van der Waals surface area contributed by atoms with Crippen LogP contribution in [0, 0.1) is 40.3 Å². The first kappa shape index (κ1) is 23.2. The third kappa shape index (κ3) is 3.51. The molecular weight excluding hydrogens is 439 g/mol. The number of carbonyl (C=O) groups is 2. The van der Waals surface area contributed by atoms with Gasteiger partial charge in [0, 0.05) is 17.4 Å². The molecule has 1 aromatic carbocycles. The monoisotopic (exact) mass is 478 g/mol. The Labute approximate surface area is 208 Å². The maximum absolute atomic E-state index is 14.0. The van der Waals surface area contributed by atoms with E-state index < -0.39 is 0 Å². The molecule has 7 atom stereocenters. The quantitative estimate of drug-likeness (QED) is 0.592. The second-order valence-electron chi connectivity index (χ2n) is 12.7. The number of amides is 2. The molecule has 0 aromatic heterocycles. The number of hydrogen-bond donors (Lipinski definition) is 2. The Balaban J connectivity index is 1.23. The minimum Gasteiger partial charge on any atom is -0.349 e. The van der Waals surface area contributed by atoms with Gasteiger partial charge in [-0.25, -0.2) is 4.39 Å². The number of benzene rings is 1. The number of halogens is 1. The summed E-state index contributed by atoms with van der Waals surface area (Å²) in [5, 5.41) is 6.78. The maximum Gasteiger partial charge on any atom is 0.243 e. The molecule has 2 N–H and O–H groups in total. The van der Waals surface area contributed by atoms with Crippen molar-refractivity contribution in [2.45, 2.75) is 89.6 Å². The molecule has 2 unspecified atom stereocenters. The van der Waals surface area contributed by atoms with Gasteiger partial charge >= 0.3 is 0 Å². The molecule has 0 radical (unpaired) electrons. The van der Waals surface area contributed by atoms with E-state index in [9.17, 15) is 14.0 Å². The summed E-state index contributed by atoms with van der Waals surface area (Å²) in [4.78, 5) is 25.9. The molecule has 1 aliphatic heterocycles. The van der Waals surface area contributed by atoms with E-state index in [-0.39, 0.29) is 46.0 Å². The molecule has 4 aliphatic carbocycles. The first-order valence-electron chi connectivity index (χ1n) is 13.8. The van der Waals surface area contributed by atoms with Crippen molar-refractivity contribution in [2.24, 2.45) is 34.5 Å². The van der Waals surface area contributed by atoms with Crippen molar-refractivity contribution >= 4 is 11.8 Å². The molecule has 1 heterocycles. The van der Waals surface area contributed by atoms with E-state index in [1.165, 1.54) is 12.1 Å². The highest BCUT2D eigenvalue weighted by Gasteiger charge is 2.61. The van der Waals surface area contributed by atoms with Gasteiger partial charge in [0.2, 0.25) is 11.8 Å². The SMILES string of the molecule is C[C@]12C=CC(=O)NC1CC[C@@H]1[C@H]2CC[C@]2(C)C(C(=O)NC3(c4ccc(F)cc4)CCCC3)CC[C@@H]12. The van der Waals surface area contributed by atoms with E-state index in [0.717, 1.165) is 69.8 Å². The molecular formula is C30H39FN2O2. The van der Waals surface area contributed by atoms with E-state index in [0.29, 0.717) is 17.8 Å². The predicted octanol–water partition coefficient (Wildman–Crippen LogP) is 5.62. The molecule has 0 spiro atoms. The van der Waals surface area contributed by atoms with Gasteiger partial charge in [0.05, 0.1) is 5.54 Å². The van der Waals surface area contributed by atoms with E-state index in [4.69, 9.17) is 0 Å². The maximum atomic E-state index is 14.0. The zero-order valence-electron chi connectivity index (χ0n) is 21.1. The highest BCUT2D eigenvalue weighted by molar-refractivity contribution is 5.89. The average molecular weight is 479 g/mol. The fourth-order valence-corrected chi connectivity index (χ4v) is 9.32. The Morgan fingerprint density at radius 1 is 0.971 bits per heavy atom. The topological polar surface area (TPSA) is 58.2 Å². The Hall–Kier alpha value is -2.17. The fraction of sp³-hybridized carbons (Fsp3) is 0.667. The lowest BCUT2D eigenvalue weighted by atomic mass is 9.48. The second-order valence-corrected chi connectivity index (χ2v) is 12.7. The fourth-order valence-electron chi connectivity index (χ4n) is 9.32. The molecule has 2 amide bonds. The van der Waals surface area contributed by atoms with Gasteiger partial charge in [0.15, 0.2) is 0 Å². The lowest BCUT2D eigenvalue weighted by Gasteiger charge is -2.58. The molecule has 6 rings (SSSR count). The van der Waals surface area contributed by atoms with Crippen molar-refractivity contribution in [2.75, 3.05) is 0 Å². The van der Waals surface area contributed by atoms with E-state index >= 15 is 0 Å². The first-order valence-corrected chi connectivity index (χ1v) is 13.8. The average Bonchev–Trinajstić information content (AvgIpc) is 3.44. The number of rotatable bonds is 3. The van der Waals surface area contributed by atoms with Crippen LogP contribution < -0.4 is 10.6 Å². The highest BCUT2D eigenvalue weighted by Crippen LogP contribution is 2.65. The van der Waals surface area contributed by atoms with Gasteiger partial charge in [-0.3, -0.25) is 9.59 Å². The number of fused-ring (bicyclic) bond motifs is 5. The largest absolute Gasteiger partial charge is 0.349 e. The molecule has 4 saturated carbocycles. The summed E-state index contributed by atoms with van der Waals surface area (Å²) in [6.45, 7) is 4.73. The molecule has 188 valence electrons. The summed E-state index contributed by atoms with van der Waals surface area (Å²) in [5.74, 6) is 1.82. The van der Waals surface area contributed by atoms with Crippen LogP contribution in [0.2, 0.25) is 0 Å². The van der Waals surface area contributed by atoms with Crippen LogP contribution >= 0.6 is 0 Å². The van der Waals surface area contributed by atoms with Crippen LogP contribution in [0.5, 0.6) is 0 Å². The normalized spacial score (nSPS) is 41.5. The summed E-state index contributed by atoms with van der Waals surface area (Å²) in [7, 11) is 0. The van der Waals surface area contributed by atoms with Crippen LogP contribution in [0.15, 0.2) is 36.4 Å². The lowest BCUT2D eigenvalue weighted by molar-refractivity contribution is -0.136.